The second kappa shape index (κ2) is 5.16. The van der Waals surface area contributed by atoms with Crippen molar-refractivity contribution in [2.45, 2.75) is 58.2 Å². The highest BCUT2D eigenvalue weighted by molar-refractivity contribution is 6.71. The summed E-state index contributed by atoms with van der Waals surface area (Å²) in [6.07, 6.45) is 7.14. The number of hydrogen-bond acceptors (Lipinski definition) is 1. The summed E-state index contributed by atoms with van der Waals surface area (Å²) in [5, 5.41) is 0. The second-order valence-electron chi connectivity index (χ2n) is 4.93. The lowest BCUT2D eigenvalue weighted by Gasteiger charge is -2.27. The van der Waals surface area contributed by atoms with Gasteiger partial charge in [0.1, 0.15) is 0 Å². The van der Waals surface area contributed by atoms with Gasteiger partial charge in [0.15, 0.2) is 8.32 Å². The van der Waals surface area contributed by atoms with E-state index in [1.807, 2.05) is 0 Å². The van der Waals surface area contributed by atoms with Crippen molar-refractivity contribution in [3.8, 4) is 0 Å². The Balaban J connectivity index is 2.17. The van der Waals surface area contributed by atoms with Gasteiger partial charge in [-0.05, 0) is 37.9 Å². The van der Waals surface area contributed by atoms with E-state index >= 15 is 0 Å². The van der Waals surface area contributed by atoms with Crippen molar-refractivity contribution in [2.75, 3.05) is 6.61 Å². The molecule has 1 rings (SSSR count). The molecular formula is C11H24OSi. The lowest BCUT2D eigenvalue weighted by atomic mass is 9.90. The van der Waals surface area contributed by atoms with Crippen LogP contribution in [0.25, 0.3) is 0 Å². The third-order valence-electron chi connectivity index (χ3n) is 3.29. The molecule has 1 aliphatic carbocycles. The Morgan fingerprint density at radius 3 is 2.31 bits per heavy atom. The molecule has 0 heterocycles. The average Bonchev–Trinajstić information content (AvgIpc) is 2.17. The Kier molecular flexibility index (Phi) is 4.46. The summed E-state index contributed by atoms with van der Waals surface area (Å²) < 4.78 is 6.06. The Morgan fingerprint density at radius 1 is 1.15 bits per heavy atom. The molecule has 0 saturated heterocycles. The highest BCUT2D eigenvalue weighted by Gasteiger charge is 2.22. The number of rotatable bonds is 4. The maximum Gasteiger partial charge on any atom is 0.186 e. The normalized spacial score (nSPS) is 20.5. The molecule has 0 atom stereocenters. The largest absolute Gasteiger partial charge is 0.417 e. The van der Waals surface area contributed by atoms with E-state index in [1.54, 1.807) is 0 Å². The first-order valence-corrected chi connectivity index (χ1v) is 8.89. The van der Waals surface area contributed by atoms with E-state index in [0.29, 0.717) is 0 Å². The molecule has 0 bridgehead atoms. The molecule has 0 amide bonds. The van der Waals surface area contributed by atoms with Gasteiger partial charge in [-0.3, -0.25) is 0 Å². The van der Waals surface area contributed by atoms with Crippen molar-refractivity contribution < 1.29 is 4.43 Å². The van der Waals surface area contributed by atoms with Crippen LogP contribution in [0.15, 0.2) is 0 Å². The summed E-state index contributed by atoms with van der Waals surface area (Å²) in [7, 11) is -1.26. The van der Waals surface area contributed by atoms with Crippen LogP contribution in [0.5, 0.6) is 0 Å². The Labute approximate surface area is 84.0 Å². The van der Waals surface area contributed by atoms with Crippen LogP contribution in [0.2, 0.25) is 19.1 Å². The van der Waals surface area contributed by atoms with Gasteiger partial charge in [-0.1, -0.05) is 26.2 Å². The van der Waals surface area contributed by atoms with E-state index in [2.05, 4.69) is 20.0 Å². The molecular weight excluding hydrogens is 176 g/mol. The Hall–Kier alpha value is 0.177. The average molecular weight is 200 g/mol. The zero-order valence-electron chi connectivity index (χ0n) is 9.44. The summed E-state index contributed by atoms with van der Waals surface area (Å²) in [5.74, 6) is 0.882. The van der Waals surface area contributed by atoms with Crippen LogP contribution < -0.4 is 0 Å². The van der Waals surface area contributed by atoms with E-state index in [9.17, 15) is 0 Å². The van der Waals surface area contributed by atoms with Gasteiger partial charge >= 0.3 is 0 Å². The van der Waals surface area contributed by atoms with Crippen LogP contribution in [0.1, 0.15) is 39.0 Å². The van der Waals surface area contributed by atoms with Crippen LogP contribution in [0, 0.1) is 5.92 Å². The van der Waals surface area contributed by atoms with Gasteiger partial charge in [-0.15, -0.1) is 0 Å². The molecule has 1 aliphatic rings. The molecule has 0 aromatic heterocycles. The summed E-state index contributed by atoms with van der Waals surface area (Å²) in [6.45, 7) is 7.96. The molecule has 1 nitrogen and oxygen atoms in total. The van der Waals surface area contributed by atoms with Crippen molar-refractivity contribution in [3.63, 3.8) is 0 Å². The van der Waals surface area contributed by atoms with Crippen LogP contribution in [-0.4, -0.2) is 14.9 Å². The topological polar surface area (TPSA) is 9.23 Å². The van der Waals surface area contributed by atoms with Crippen molar-refractivity contribution in [1.29, 1.82) is 0 Å². The van der Waals surface area contributed by atoms with Gasteiger partial charge in [0, 0.05) is 6.61 Å². The van der Waals surface area contributed by atoms with Crippen molar-refractivity contribution in [3.05, 3.63) is 0 Å². The molecule has 1 saturated carbocycles. The third kappa shape index (κ3) is 4.27. The molecule has 0 unspecified atom stereocenters. The van der Waals surface area contributed by atoms with E-state index in [1.165, 1.54) is 38.1 Å². The second-order valence-corrected chi connectivity index (χ2v) is 9.44. The molecule has 0 radical (unpaired) electrons. The van der Waals surface area contributed by atoms with Crippen molar-refractivity contribution in [2.24, 2.45) is 5.92 Å². The fourth-order valence-electron chi connectivity index (χ4n) is 1.80. The molecule has 0 aromatic rings. The van der Waals surface area contributed by atoms with Crippen LogP contribution in [0.4, 0.5) is 0 Å². The van der Waals surface area contributed by atoms with Gasteiger partial charge in [-0.25, -0.2) is 0 Å². The molecule has 0 aromatic carbocycles. The Morgan fingerprint density at radius 2 is 1.77 bits per heavy atom. The van der Waals surface area contributed by atoms with E-state index in [-0.39, 0.29) is 0 Å². The standard InChI is InChI=1S/C11H24OSi/c1-4-13(2,3)12-10-11-8-6-5-7-9-11/h11H,4-10H2,1-3H3. The highest BCUT2D eigenvalue weighted by atomic mass is 28.4. The highest BCUT2D eigenvalue weighted by Crippen LogP contribution is 2.25. The molecule has 1 fully saturated rings. The number of hydrogen-bond donors (Lipinski definition) is 0. The molecule has 0 aliphatic heterocycles. The van der Waals surface area contributed by atoms with E-state index in [4.69, 9.17) is 4.43 Å². The van der Waals surface area contributed by atoms with E-state index in [0.717, 1.165) is 12.5 Å². The summed E-state index contributed by atoms with van der Waals surface area (Å²) >= 11 is 0. The van der Waals surface area contributed by atoms with Crippen LogP contribution >= 0.6 is 0 Å². The summed E-state index contributed by atoms with van der Waals surface area (Å²) in [6, 6.07) is 1.25. The van der Waals surface area contributed by atoms with Gasteiger partial charge in [0.2, 0.25) is 0 Å². The SMILES string of the molecule is CC[Si](C)(C)OCC1CCCCC1. The fourth-order valence-corrected chi connectivity index (χ4v) is 2.69. The first-order valence-electron chi connectivity index (χ1n) is 5.78. The zero-order valence-corrected chi connectivity index (χ0v) is 10.4. The minimum absolute atomic E-state index is 0.882. The van der Waals surface area contributed by atoms with Crippen LogP contribution in [0.3, 0.4) is 0 Å². The van der Waals surface area contributed by atoms with Gasteiger partial charge in [0.25, 0.3) is 0 Å². The fraction of sp³-hybridized carbons (Fsp3) is 1.00. The Bertz CT molecular complexity index is 139. The van der Waals surface area contributed by atoms with Crippen LogP contribution in [-0.2, 0) is 4.43 Å². The first-order chi connectivity index (χ1) is 6.14. The van der Waals surface area contributed by atoms with Crippen molar-refractivity contribution >= 4 is 8.32 Å². The maximum absolute atomic E-state index is 6.06. The predicted octanol–water partition coefficient (Wildman–Crippen LogP) is 3.81. The molecule has 2 heteroatoms. The summed E-state index contributed by atoms with van der Waals surface area (Å²) in [5.41, 5.74) is 0. The summed E-state index contributed by atoms with van der Waals surface area (Å²) in [4.78, 5) is 0. The lowest BCUT2D eigenvalue weighted by molar-refractivity contribution is 0.202. The molecule has 13 heavy (non-hydrogen) atoms. The maximum atomic E-state index is 6.06. The third-order valence-corrected chi connectivity index (χ3v) is 5.94. The lowest BCUT2D eigenvalue weighted by Crippen LogP contribution is -2.32. The minimum atomic E-state index is -1.26. The van der Waals surface area contributed by atoms with Gasteiger partial charge < -0.3 is 4.43 Å². The quantitative estimate of drug-likeness (QED) is 0.627. The smallest absolute Gasteiger partial charge is 0.186 e. The first kappa shape index (κ1) is 11.3. The zero-order chi connectivity index (χ0) is 9.73. The molecule has 0 spiro atoms. The minimum Gasteiger partial charge on any atom is -0.417 e. The molecule has 0 N–H and O–H groups in total. The monoisotopic (exact) mass is 200 g/mol. The van der Waals surface area contributed by atoms with E-state index < -0.39 is 8.32 Å². The predicted molar refractivity (Wildman–Crippen MR) is 60.5 cm³/mol. The van der Waals surface area contributed by atoms with Gasteiger partial charge in [0.05, 0.1) is 0 Å². The van der Waals surface area contributed by atoms with Gasteiger partial charge in [-0.2, -0.15) is 0 Å². The van der Waals surface area contributed by atoms with Crippen molar-refractivity contribution in [1.82, 2.24) is 0 Å². The molecule has 78 valence electrons.